The van der Waals surface area contributed by atoms with E-state index < -0.39 is 17.7 Å². The van der Waals surface area contributed by atoms with Gasteiger partial charge < -0.3 is 15.2 Å². The first-order valence-corrected chi connectivity index (χ1v) is 12.4. The second kappa shape index (κ2) is 12.6. The molecular formula is C27H28F3NO4S. The first-order chi connectivity index (χ1) is 17.1. The second-order valence-electron chi connectivity index (χ2n) is 8.38. The molecular weight excluding hydrogens is 491 g/mol. The van der Waals surface area contributed by atoms with Gasteiger partial charge in [-0.1, -0.05) is 18.2 Å². The van der Waals surface area contributed by atoms with Crippen molar-refractivity contribution in [2.24, 2.45) is 0 Å². The number of alkyl halides is 3. The maximum Gasteiger partial charge on any atom is 0.416 e. The van der Waals surface area contributed by atoms with Crippen molar-refractivity contribution in [1.82, 2.24) is 5.32 Å². The number of hydrogen-bond donors (Lipinski definition) is 2. The van der Waals surface area contributed by atoms with E-state index in [9.17, 15) is 22.8 Å². The zero-order valence-electron chi connectivity index (χ0n) is 19.9. The van der Waals surface area contributed by atoms with Crippen molar-refractivity contribution < 1.29 is 32.6 Å². The Morgan fingerprint density at radius 1 is 1.00 bits per heavy atom. The summed E-state index contributed by atoms with van der Waals surface area (Å²) >= 11 is 1.42. The van der Waals surface area contributed by atoms with E-state index in [4.69, 9.17) is 9.84 Å². The smallest absolute Gasteiger partial charge is 0.416 e. The van der Waals surface area contributed by atoms with E-state index in [1.54, 1.807) is 6.07 Å². The van der Waals surface area contributed by atoms with Gasteiger partial charge in [-0.15, -0.1) is 11.3 Å². The van der Waals surface area contributed by atoms with Crippen LogP contribution in [0, 0.1) is 6.92 Å². The van der Waals surface area contributed by atoms with E-state index in [0.717, 1.165) is 65.1 Å². The van der Waals surface area contributed by atoms with Gasteiger partial charge in [-0.2, -0.15) is 13.2 Å². The van der Waals surface area contributed by atoms with Crippen LogP contribution in [0.4, 0.5) is 13.2 Å². The molecule has 2 aromatic carbocycles. The molecule has 1 aromatic heterocycles. The first-order valence-electron chi connectivity index (χ1n) is 11.6. The molecule has 0 aliphatic rings. The second-order valence-corrected chi connectivity index (χ2v) is 9.54. The number of halogens is 3. The van der Waals surface area contributed by atoms with Gasteiger partial charge in [-0.25, -0.2) is 0 Å². The number of carboxylic acids is 1. The number of ether oxygens (including phenoxy) is 1. The van der Waals surface area contributed by atoms with Crippen molar-refractivity contribution in [2.75, 3.05) is 13.2 Å². The highest BCUT2D eigenvalue weighted by molar-refractivity contribution is 7.14. The molecule has 3 rings (SSSR count). The molecule has 36 heavy (non-hydrogen) atoms. The molecule has 1 heterocycles. The lowest BCUT2D eigenvalue weighted by atomic mass is 9.99. The number of carboxylic acid groups (broad SMARTS) is 1. The number of carbonyl (C=O) groups is 2. The predicted molar refractivity (Wildman–Crippen MR) is 134 cm³/mol. The molecule has 192 valence electrons. The van der Waals surface area contributed by atoms with E-state index >= 15 is 0 Å². The Kier molecular flexibility index (Phi) is 9.52. The number of unbranched alkanes of at least 4 members (excludes halogenated alkanes) is 2. The maximum absolute atomic E-state index is 12.8. The predicted octanol–water partition coefficient (Wildman–Crippen LogP) is 6.74. The van der Waals surface area contributed by atoms with Crippen LogP contribution in [0.15, 0.2) is 54.6 Å². The molecule has 0 aliphatic heterocycles. The Labute approximate surface area is 211 Å². The lowest BCUT2D eigenvalue weighted by molar-refractivity contribution is -0.138. The van der Waals surface area contributed by atoms with Crippen LogP contribution in [0.25, 0.3) is 11.1 Å². The van der Waals surface area contributed by atoms with Crippen LogP contribution in [0.1, 0.15) is 51.4 Å². The number of rotatable bonds is 12. The zero-order valence-corrected chi connectivity index (χ0v) is 20.7. The van der Waals surface area contributed by atoms with Crippen LogP contribution >= 0.6 is 11.3 Å². The maximum atomic E-state index is 12.8. The van der Waals surface area contributed by atoms with E-state index in [1.165, 1.54) is 23.5 Å². The number of nitrogens with one attached hydrogen (secondary N) is 1. The fourth-order valence-electron chi connectivity index (χ4n) is 3.66. The monoisotopic (exact) mass is 519 g/mol. The van der Waals surface area contributed by atoms with Gasteiger partial charge in [0, 0.05) is 11.4 Å². The van der Waals surface area contributed by atoms with E-state index in [1.807, 2.05) is 31.2 Å². The molecule has 0 saturated heterocycles. The number of aliphatic carboxylic acids is 1. The normalized spacial score (nSPS) is 11.3. The highest BCUT2D eigenvalue weighted by atomic mass is 32.1. The summed E-state index contributed by atoms with van der Waals surface area (Å²) in [6.45, 7) is 2.57. The van der Waals surface area contributed by atoms with Crippen LogP contribution in [0.3, 0.4) is 0 Å². The van der Waals surface area contributed by atoms with Gasteiger partial charge in [-0.3, -0.25) is 9.59 Å². The summed E-state index contributed by atoms with van der Waals surface area (Å²) in [5, 5.41) is 11.2. The van der Waals surface area contributed by atoms with E-state index in [2.05, 4.69) is 5.32 Å². The molecule has 1 amide bonds. The summed E-state index contributed by atoms with van der Waals surface area (Å²) in [5.74, 6) is -0.475. The molecule has 2 N–H and O–H groups in total. The summed E-state index contributed by atoms with van der Waals surface area (Å²) in [6, 6.07) is 14.4. The molecule has 9 heteroatoms. The molecule has 0 bridgehead atoms. The fraction of sp³-hybridized carbons (Fsp3) is 0.333. The summed E-state index contributed by atoms with van der Waals surface area (Å²) in [7, 11) is 0. The summed E-state index contributed by atoms with van der Waals surface area (Å²) in [4.78, 5) is 24.2. The Morgan fingerprint density at radius 2 is 1.75 bits per heavy atom. The zero-order chi connectivity index (χ0) is 26.1. The summed E-state index contributed by atoms with van der Waals surface area (Å²) in [5.41, 5.74) is 1.85. The van der Waals surface area contributed by atoms with Crippen LogP contribution in [-0.2, 0) is 17.4 Å². The van der Waals surface area contributed by atoms with Gasteiger partial charge in [0.15, 0.2) is 0 Å². The van der Waals surface area contributed by atoms with Gasteiger partial charge in [0.1, 0.15) is 5.75 Å². The van der Waals surface area contributed by atoms with Crippen LogP contribution in [0.2, 0.25) is 0 Å². The molecule has 0 fully saturated rings. The SMILES string of the molecule is Cc1cc(OCCCCCc2ccc(C(=O)NCCC(=O)O)s2)ccc1-c1ccc(C(F)(F)F)cc1. The molecule has 0 aliphatic carbocycles. The number of hydrogen-bond acceptors (Lipinski definition) is 4. The minimum absolute atomic E-state index is 0.102. The van der Waals surface area contributed by atoms with Crippen molar-refractivity contribution in [2.45, 2.75) is 45.2 Å². The molecule has 0 saturated carbocycles. The lowest BCUT2D eigenvalue weighted by Crippen LogP contribution is -2.25. The van der Waals surface area contributed by atoms with Gasteiger partial charge in [0.25, 0.3) is 5.91 Å². The summed E-state index contributed by atoms with van der Waals surface area (Å²) < 4.78 is 44.2. The third-order valence-corrected chi connectivity index (χ3v) is 6.71. The molecule has 0 atom stereocenters. The van der Waals surface area contributed by atoms with Crippen molar-refractivity contribution in [3.8, 4) is 16.9 Å². The number of benzene rings is 2. The number of thiophene rings is 1. The Bertz CT molecular complexity index is 1170. The Balaban J connectivity index is 1.38. The van der Waals surface area contributed by atoms with Crippen molar-refractivity contribution >= 4 is 23.2 Å². The van der Waals surface area contributed by atoms with Gasteiger partial charge in [-0.05, 0) is 85.7 Å². The molecule has 3 aromatic rings. The fourth-order valence-corrected chi connectivity index (χ4v) is 4.63. The topological polar surface area (TPSA) is 75.6 Å². The molecule has 0 spiro atoms. The minimum Gasteiger partial charge on any atom is -0.494 e. The van der Waals surface area contributed by atoms with Gasteiger partial charge in [0.2, 0.25) is 0 Å². The first kappa shape index (κ1) is 27.3. The highest BCUT2D eigenvalue weighted by Crippen LogP contribution is 2.32. The highest BCUT2D eigenvalue weighted by Gasteiger charge is 2.30. The lowest BCUT2D eigenvalue weighted by Gasteiger charge is -2.12. The largest absolute Gasteiger partial charge is 0.494 e. The third kappa shape index (κ3) is 8.12. The average molecular weight is 520 g/mol. The van der Waals surface area contributed by atoms with Crippen LogP contribution in [-0.4, -0.2) is 30.1 Å². The third-order valence-electron chi connectivity index (χ3n) is 5.57. The minimum atomic E-state index is -4.35. The number of amides is 1. The number of carbonyl (C=O) groups excluding carboxylic acids is 1. The van der Waals surface area contributed by atoms with Crippen LogP contribution in [0.5, 0.6) is 5.75 Å². The molecule has 0 unspecified atom stereocenters. The standard InChI is InChI=1S/C27H28F3NO4S/c1-18-17-21(10-12-23(18)19-6-8-20(9-7-19)27(28,29)30)35-16-4-2-3-5-22-11-13-24(36-22)26(34)31-15-14-25(32)33/h6-13,17H,2-5,14-16H2,1H3,(H,31,34)(H,32,33). The molecule has 5 nitrogen and oxygen atoms in total. The average Bonchev–Trinajstić information content (AvgIpc) is 3.30. The Morgan fingerprint density at radius 3 is 2.42 bits per heavy atom. The van der Waals surface area contributed by atoms with Crippen LogP contribution < -0.4 is 10.1 Å². The molecule has 0 radical (unpaired) electrons. The number of aryl methyl sites for hydroxylation is 2. The van der Waals surface area contributed by atoms with Crippen molar-refractivity contribution in [3.63, 3.8) is 0 Å². The van der Waals surface area contributed by atoms with Gasteiger partial charge in [0.05, 0.1) is 23.5 Å². The van der Waals surface area contributed by atoms with Crippen molar-refractivity contribution in [3.05, 3.63) is 75.5 Å². The van der Waals surface area contributed by atoms with E-state index in [-0.39, 0.29) is 18.9 Å². The van der Waals surface area contributed by atoms with Crippen molar-refractivity contribution in [1.29, 1.82) is 0 Å². The van der Waals surface area contributed by atoms with Gasteiger partial charge >= 0.3 is 12.1 Å². The quantitative estimate of drug-likeness (QED) is 0.260. The van der Waals surface area contributed by atoms with E-state index in [0.29, 0.717) is 11.5 Å². The summed E-state index contributed by atoms with van der Waals surface area (Å²) in [6.07, 6.45) is -0.813. The Hall–Kier alpha value is -3.33.